The summed E-state index contributed by atoms with van der Waals surface area (Å²) in [5, 5.41) is 5.59. The van der Waals surface area contributed by atoms with E-state index in [2.05, 4.69) is 10.6 Å². The second-order valence-corrected chi connectivity index (χ2v) is 5.83. The molecule has 0 unspecified atom stereocenters. The molecule has 2 aromatic rings. The third-order valence-electron chi connectivity index (χ3n) is 3.54. The highest BCUT2D eigenvalue weighted by Gasteiger charge is 2.12. The summed E-state index contributed by atoms with van der Waals surface area (Å²) >= 11 is 0. The van der Waals surface area contributed by atoms with Crippen molar-refractivity contribution >= 4 is 23.2 Å². The molecule has 2 amide bonds. The summed E-state index contributed by atoms with van der Waals surface area (Å²) < 4.78 is 5.20. The van der Waals surface area contributed by atoms with Crippen LogP contribution in [0.1, 0.15) is 5.56 Å². The van der Waals surface area contributed by atoms with Crippen LogP contribution in [-0.4, -0.2) is 44.0 Å². The summed E-state index contributed by atoms with van der Waals surface area (Å²) in [5.41, 5.74) is 2.47. The highest BCUT2D eigenvalue weighted by molar-refractivity contribution is 5.95. The Labute approximate surface area is 147 Å². The first kappa shape index (κ1) is 18.5. The second kappa shape index (κ2) is 8.84. The number of ether oxygens (including phenoxy) is 1. The van der Waals surface area contributed by atoms with Crippen LogP contribution in [0.15, 0.2) is 48.5 Å². The Bertz CT molecular complexity index is 729. The van der Waals surface area contributed by atoms with Crippen molar-refractivity contribution in [3.63, 3.8) is 0 Å². The van der Waals surface area contributed by atoms with Gasteiger partial charge >= 0.3 is 0 Å². The molecule has 25 heavy (non-hydrogen) atoms. The number of nitrogens with one attached hydrogen (secondary N) is 2. The molecule has 2 N–H and O–H groups in total. The Balaban J connectivity index is 1.82. The van der Waals surface area contributed by atoms with Gasteiger partial charge in [-0.15, -0.1) is 0 Å². The molecule has 0 saturated carbocycles. The average Bonchev–Trinajstić information content (AvgIpc) is 2.57. The van der Waals surface area contributed by atoms with Crippen LogP contribution in [0.4, 0.5) is 11.4 Å². The zero-order valence-corrected chi connectivity index (χ0v) is 14.7. The molecule has 0 aliphatic carbocycles. The van der Waals surface area contributed by atoms with Gasteiger partial charge in [-0.25, -0.2) is 0 Å². The molecule has 2 rings (SSSR count). The fraction of sp³-hybridized carbons (Fsp3) is 0.263. The van der Waals surface area contributed by atoms with E-state index in [0.717, 1.165) is 11.3 Å². The minimum Gasteiger partial charge on any atom is -0.495 e. The van der Waals surface area contributed by atoms with Crippen LogP contribution < -0.4 is 15.4 Å². The topological polar surface area (TPSA) is 70.7 Å². The summed E-state index contributed by atoms with van der Waals surface area (Å²) in [6, 6.07) is 14.7. The van der Waals surface area contributed by atoms with E-state index in [0.29, 0.717) is 11.4 Å². The van der Waals surface area contributed by atoms with Gasteiger partial charge in [0.25, 0.3) is 0 Å². The number of methoxy groups -OCH3 is 1. The van der Waals surface area contributed by atoms with Crippen LogP contribution >= 0.6 is 0 Å². The van der Waals surface area contributed by atoms with Crippen LogP contribution in [0.25, 0.3) is 0 Å². The summed E-state index contributed by atoms with van der Waals surface area (Å²) in [5.74, 6) is 0.210. The number of hydrogen-bond acceptors (Lipinski definition) is 4. The van der Waals surface area contributed by atoms with Crippen molar-refractivity contribution in [2.45, 2.75) is 6.92 Å². The van der Waals surface area contributed by atoms with Crippen molar-refractivity contribution in [1.29, 1.82) is 0 Å². The maximum absolute atomic E-state index is 12.1. The van der Waals surface area contributed by atoms with Crippen molar-refractivity contribution < 1.29 is 14.3 Å². The van der Waals surface area contributed by atoms with E-state index in [9.17, 15) is 9.59 Å². The van der Waals surface area contributed by atoms with Gasteiger partial charge in [-0.2, -0.15) is 0 Å². The SMILES string of the molecule is COc1ccccc1NC(=O)CN(C)CC(=O)Nc1ccc(C)cc1. The lowest BCUT2D eigenvalue weighted by Crippen LogP contribution is -2.36. The average molecular weight is 341 g/mol. The van der Waals surface area contributed by atoms with E-state index in [1.165, 1.54) is 0 Å². The number of likely N-dealkylation sites (N-methyl/N-ethyl adjacent to an activating group) is 1. The van der Waals surface area contributed by atoms with Crippen molar-refractivity contribution in [2.24, 2.45) is 0 Å². The molecule has 0 heterocycles. The number of amides is 2. The molecule has 0 spiro atoms. The van der Waals surface area contributed by atoms with E-state index >= 15 is 0 Å². The summed E-state index contributed by atoms with van der Waals surface area (Å²) in [6.07, 6.45) is 0. The zero-order chi connectivity index (χ0) is 18.2. The quantitative estimate of drug-likeness (QED) is 0.812. The highest BCUT2D eigenvalue weighted by atomic mass is 16.5. The van der Waals surface area contributed by atoms with E-state index in [-0.39, 0.29) is 24.9 Å². The van der Waals surface area contributed by atoms with Crippen molar-refractivity contribution in [3.05, 3.63) is 54.1 Å². The Hall–Kier alpha value is -2.86. The van der Waals surface area contributed by atoms with Crippen molar-refractivity contribution in [3.8, 4) is 5.75 Å². The van der Waals surface area contributed by atoms with Gasteiger partial charge in [-0.05, 0) is 38.2 Å². The van der Waals surface area contributed by atoms with E-state index in [1.54, 1.807) is 31.2 Å². The number of para-hydroxylation sites is 2. The molecule has 0 saturated heterocycles. The highest BCUT2D eigenvalue weighted by Crippen LogP contribution is 2.22. The molecule has 0 bridgehead atoms. The summed E-state index contributed by atoms with van der Waals surface area (Å²) in [7, 11) is 3.27. The third kappa shape index (κ3) is 5.93. The van der Waals surface area contributed by atoms with E-state index < -0.39 is 0 Å². The predicted octanol–water partition coefficient (Wildman–Crippen LogP) is 2.51. The molecular formula is C19H23N3O3. The standard InChI is InChI=1S/C19H23N3O3/c1-14-8-10-15(11-9-14)20-18(23)12-22(2)13-19(24)21-16-6-4-5-7-17(16)25-3/h4-11H,12-13H2,1-3H3,(H,20,23)(H,21,24). The smallest absolute Gasteiger partial charge is 0.238 e. The van der Waals surface area contributed by atoms with Gasteiger partial charge in [0.15, 0.2) is 0 Å². The van der Waals surface area contributed by atoms with E-state index in [1.807, 2.05) is 43.3 Å². The number of anilines is 2. The number of benzene rings is 2. The van der Waals surface area contributed by atoms with Gasteiger partial charge < -0.3 is 15.4 Å². The Morgan fingerprint density at radius 1 is 0.960 bits per heavy atom. The Morgan fingerprint density at radius 2 is 1.56 bits per heavy atom. The molecule has 132 valence electrons. The minimum atomic E-state index is -0.213. The largest absolute Gasteiger partial charge is 0.495 e. The first-order valence-corrected chi connectivity index (χ1v) is 7.96. The number of nitrogens with zero attached hydrogens (tertiary/aromatic N) is 1. The molecule has 0 atom stereocenters. The number of hydrogen-bond donors (Lipinski definition) is 2. The number of carbonyl (C=O) groups is 2. The maximum atomic E-state index is 12.1. The fourth-order valence-electron chi connectivity index (χ4n) is 2.32. The normalized spacial score (nSPS) is 10.4. The number of aryl methyl sites for hydroxylation is 1. The predicted molar refractivity (Wildman–Crippen MR) is 98.9 cm³/mol. The monoisotopic (exact) mass is 341 g/mol. The van der Waals surface area contributed by atoms with Crippen LogP contribution in [0.3, 0.4) is 0 Å². The zero-order valence-electron chi connectivity index (χ0n) is 14.7. The molecule has 6 heteroatoms. The van der Waals surface area contributed by atoms with Crippen LogP contribution in [0.5, 0.6) is 5.75 Å². The molecular weight excluding hydrogens is 318 g/mol. The minimum absolute atomic E-state index is 0.0966. The van der Waals surface area contributed by atoms with Gasteiger partial charge in [0, 0.05) is 5.69 Å². The fourth-order valence-corrected chi connectivity index (χ4v) is 2.32. The first-order valence-electron chi connectivity index (χ1n) is 7.96. The van der Waals surface area contributed by atoms with Crippen LogP contribution in [0.2, 0.25) is 0 Å². The van der Waals surface area contributed by atoms with Gasteiger partial charge in [0.1, 0.15) is 5.75 Å². The van der Waals surface area contributed by atoms with Gasteiger partial charge in [0.05, 0.1) is 25.9 Å². The lowest BCUT2D eigenvalue weighted by atomic mass is 10.2. The number of carbonyl (C=O) groups excluding carboxylic acids is 2. The molecule has 0 radical (unpaired) electrons. The lowest BCUT2D eigenvalue weighted by molar-refractivity contribution is -0.119. The van der Waals surface area contributed by atoms with Crippen molar-refractivity contribution in [1.82, 2.24) is 4.90 Å². The molecule has 0 fully saturated rings. The summed E-state index contributed by atoms with van der Waals surface area (Å²) in [6.45, 7) is 2.20. The molecule has 0 aliphatic heterocycles. The summed E-state index contributed by atoms with van der Waals surface area (Å²) in [4.78, 5) is 25.8. The van der Waals surface area contributed by atoms with E-state index in [4.69, 9.17) is 4.74 Å². The van der Waals surface area contributed by atoms with Gasteiger partial charge in [-0.1, -0.05) is 29.8 Å². The molecule has 6 nitrogen and oxygen atoms in total. The molecule has 0 aliphatic rings. The van der Waals surface area contributed by atoms with Crippen LogP contribution in [-0.2, 0) is 9.59 Å². The number of rotatable bonds is 7. The lowest BCUT2D eigenvalue weighted by Gasteiger charge is -2.17. The van der Waals surface area contributed by atoms with Crippen molar-refractivity contribution in [2.75, 3.05) is 37.9 Å². The molecule has 0 aromatic heterocycles. The Morgan fingerprint density at radius 3 is 2.20 bits per heavy atom. The van der Waals surface area contributed by atoms with Gasteiger partial charge in [0.2, 0.25) is 11.8 Å². The third-order valence-corrected chi connectivity index (χ3v) is 3.54. The van der Waals surface area contributed by atoms with Crippen LogP contribution in [0, 0.1) is 6.92 Å². The van der Waals surface area contributed by atoms with Gasteiger partial charge in [-0.3, -0.25) is 14.5 Å². The first-order chi connectivity index (χ1) is 12.0. The molecule has 2 aromatic carbocycles. The maximum Gasteiger partial charge on any atom is 0.238 e. The second-order valence-electron chi connectivity index (χ2n) is 5.83. The Kier molecular flexibility index (Phi) is 6.54.